The number of benzene rings is 1. The van der Waals surface area contributed by atoms with Crippen LogP contribution in [0.3, 0.4) is 0 Å². The summed E-state index contributed by atoms with van der Waals surface area (Å²) in [6.45, 7) is 0.682. The maximum Gasteiger partial charge on any atom is 0.191 e. The highest BCUT2D eigenvalue weighted by Crippen LogP contribution is 2.28. The summed E-state index contributed by atoms with van der Waals surface area (Å²) in [5.74, 6) is 1.74. The lowest BCUT2D eigenvalue weighted by Crippen LogP contribution is -2.42. The summed E-state index contributed by atoms with van der Waals surface area (Å²) >= 11 is 5.47. The lowest BCUT2D eigenvalue weighted by atomic mass is 10.2. The summed E-state index contributed by atoms with van der Waals surface area (Å²) < 4.78 is 6.45. The molecule has 4 nitrogen and oxygen atoms in total. The summed E-state index contributed by atoms with van der Waals surface area (Å²) in [6, 6.07) is 6.54. The van der Waals surface area contributed by atoms with E-state index in [1.807, 2.05) is 30.9 Å². The number of methoxy groups -OCH3 is 1. The molecule has 0 aliphatic heterocycles. The first-order valence-corrected chi connectivity index (χ1v) is 9.56. The fourth-order valence-electron chi connectivity index (χ4n) is 2.74. The molecule has 2 atom stereocenters. The van der Waals surface area contributed by atoms with Gasteiger partial charge in [0.2, 0.25) is 0 Å². The van der Waals surface area contributed by atoms with Crippen LogP contribution in [0.2, 0.25) is 0 Å². The Balaban J connectivity index is 1.90. The van der Waals surface area contributed by atoms with Gasteiger partial charge in [-0.25, -0.2) is 0 Å². The Labute approximate surface area is 145 Å². The molecule has 0 radical (unpaired) electrons. The van der Waals surface area contributed by atoms with E-state index >= 15 is 0 Å². The van der Waals surface area contributed by atoms with E-state index in [2.05, 4.69) is 43.9 Å². The molecule has 0 saturated heterocycles. The number of guanidine groups is 1. The molecule has 1 aromatic rings. The summed E-state index contributed by atoms with van der Waals surface area (Å²) in [5.41, 5.74) is 1.10. The average Bonchev–Trinajstić information content (AvgIpc) is 2.99. The number of ether oxygens (including phenoxy) is 1. The van der Waals surface area contributed by atoms with Crippen molar-refractivity contribution in [3.63, 3.8) is 0 Å². The quantitative estimate of drug-likeness (QED) is 0.602. The van der Waals surface area contributed by atoms with Gasteiger partial charge >= 0.3 is 0 Å². The molecule has 1 aromatic carbocycles. The minimum absolute atomic E-state index is 0.521. The number of aliphatic imine (C=N–C) groups is 1. The van der Waals surface area contributed by atoms with E-state index in [1.54, 1.807) is 7.11 Å². The smallest absolute Gasteiger partial charge is 0.191 e. The minimum atomic E-state index is 0.521. The maximum absolute atomic E-state index is 5.40. The molecule has 1 aliphatic rings. The molecule has 1 aliphatic carbocycles. The third-order valence-electron chi connectivity index (χ3n) is 3.97. The van der Waals surface area contributed by atoms with Gasteiger partial charge in [-0.2, -0.15) is 11.8 Å². The summed E-state index contributed by atoms with van der Waals surface area (Å²) in [7, 11) is 3.51. The molecule has 1 saturated carbocycles. The highest BCUT2D eigenvalue weighted by Gasteiger charge is 2.24. The van der Waals surface area contributed by atoms with Gasteiger partial charge in [0, 0.05) is 34.9 Å². The number of halogens is 1. The van der Waals surface area contributed by atoms with Crippen molar-refractivity contribution in [2.75, 3.05) is 20.4 Å². The Morgan fingerprint density at radius 2 is 2.27 bits per heavy atom. The fraction of sp³-hybridized carbons (Fsp3) is 0.562. The lowest BCUT2D eigenvalue weighted by molar-refractivity contribution is 0.409. The number of nitrogens with zero attached hydrogens (tertiary/aromatic N) is 1. The van der Waals surface area contributed by atoms with Gasteiger partial charge in [0.05, 0.1) is 7.11 Å². The first-order chi connectivity index (χ1) is 10.7. The molecule has 122 valence electrons. The van der Waals surface area contributed by atoms with E-state index in [4.69, 9.17) is 4.74 Å². The molecule has 2 rings (SSSR count). The SMILES string of the molecule is CN=C(NCc1cc(Br)ccc1OC)NC1CCC(SC)C1. The van der Waals surface area contributed by atoms with Crippen molar-refractivity contribution in [3.8, 4) is 5.75 Å². The van der Waals surface area contributed by atoms with Crippen LogP contribution in [0.1, 0.15) is 24.8 Å². The molecule has 0 heterocycles. The van der Waals surface area contributed by atoms with Crippen LogP contribution in [0.15, 0.2) is 27.7 Å². The van der Waals surface area contributed by atoms with Crippen molar-refractivity contribution in [2.45, 2.75) is 37.1 Å². The van der Waals surface area contributed by atoms with Crippen molar-refractivity contribution in [2.24, 2.45) is 4.99 Å². The number of thioether (sulfide) groups is 1. The van der Waals surface area contributed by atoms with Gasteiger partial charge in [-0.15, -0.1) is 0 Å². The van der Waals surface area contributed by atoms with E-state index in [-0.39, 0.29) is 0 Å². The van der Waals surface area contributed by atoms with Crippen molar-refractivity contribution in [1.29, 1.82) is 0 Å². The highest BCUT2D eigenvalue weighted by atomic mass is 79.9. The Morgan fingerprint density at radius 1 is 1.45 bits per heavy atom. The molecule has 0 bridgehead atoms. The summed E-state index contributed by atoms with van der Waals surface area (Å²) in [6.07, 6.45) is 5.91. The zero-order chi connectivity index (χ0) is 15.9. The molecule has 2 N–H and O–H groups in total. The molecule has 0 spiro atoms. The van der Waals surface area contributed by atoms with Crippen molar-refractivity contribution in [1.82, 2.24) is 10.6 Å². The number of rotatable bonds is 5. The van der Waals surface area contributed by atoms with Crippen LogP contribution in [0.5, 0.6) is 5.75 Å². The molecular formula is C16H24BrN3OS. The van der Waals surface area contributed by atoms with Gasteiger partial charge in [0.25, 0.3) is 0 Å². The van der Waals surface area contributed by atoms with Gasteiger partial charge in [-0.1, -0.05) is 15.9 Å². The summed E-state index contributed by atoms with van der Waals surface area (Å²) in [5, 5.41) is 7.68. The van der Waals surface area contributed by atoms with Gasteiger partial charge in [-0.3, -0.25) is 4.99 Å². The Kier molecular flexibility index (Phi) is 6.89. The van der Waals surface area contributed by atoms with Gasteiger partial charge in [0.15, 0.2) is 5.96 Å². The highest BCUT2D eigenvalue weighted by molar-refractivity contribution is 9.10. The third kappa shape index (κ3) is 4.81. The standard InChI is InChI=1S/C16H24BrN3OS/c1-18-16(20-13-5-6-14(9-13)22-3)19-10-11-8-12(17)4-7-15(11)21-2/h4,7-8,13-14H,5-6,9-10H2,1-3H3,(H2,18,19,20). The first kappa shape index (κ1) is 17.5. The van der Waals surface area contributed by atoms with Crippen LogP contribution >= 0.6 is 27.7 Å². The Hall–Kier alpha value is -0.880. The van der Waals surface area contributed by atoms with Crippen LogP contribution in [0.4, 0.5) is 0 Å². The van der Waals surface area contributed by atoms with E-state index in [9.17, 15) is 0 Å². The van der Waals surface area contributed by atoms with Crippen LogP contribution in [0, 0.1) is 0 Å². The summed E-state index contributed by atoms with van der Waals surface area (Å²) in [4.78, 5) is 4.33. The fourth-order valence-corrected chi connectivity index (χ4v) is 3.94. The molecule has 22 heavy (non-hydrogen) atoms. The van der Waals surface area contributed by atoms with Gasteiger partial charge in [-0.05, 0) is 43.7 Å². The van der Waals surface area contributed by atoms with Crippen molar-refractivity contribution in [3.05, 3.63) is 28.2 Å². The number of hydrogen-bond acceptors (Lipinski definition) is 3. The third-order valence-corrected chi connectivity index (χ3v) is 5.56. The second-order valence-corrected chi connectivity index (χ2v) is 7.45. The molecular weight excluding hydrogens is 362 g/mol. The van der Waals surface area contributed by atoms with Crippen molar-refractivity contribution >= 4 is 33.7 Å². The molecule has 2 unspecified atom stereocenters. The predicted molar refractivity (Wildman–Crippen MR) is 99.0 cm³/mol. The van der Waals surface area contributed by atoms with Crippen LogP contribution in [-0.4, -0.2) is 37.7 Å². The lowest BCUT2D eigenvalue weighted by Gasteiger charge is -2.18. The Bertz CT molecular complexity index is 524. The van der Waals surface area contributed by atoms with E-state index in [0.717, 1.165) is 27.0 Å². The molecule has 0 amide bonds. The van der Waals surface area contributed by atoms with Gasteiger partial charge < -0.3 is 15.4 Å². The Morgan fingerprint density at radius 3 is 2.91 bits per heavy atom. The molecule has 1 fully saturated rings. The predicted octanol–water partition coefficient (Wildman–Crippen LogP) is 3.41. The topological polar surface area (TPSA) is 45.7 Å². The van der Waals surface area contributed by atoms with E-state index in [1.165, 1.54) is 19.3 Å². The second kappa shape index (κ2) is 8.67. The monoisotopic (exact) mass is 385 g/mol. The maximum atomic E-state index is 5.40. The van der Waals surface area contributed by atoms with E-state index < -0.39 is 0 Å². The molecule has 6 heteroatoms. The number of hydrogen-bond donors (Lipinski definition) is 2. The first-order valence-electron chi connectivity index (χ1n) is 7.48. The minimum Gasteiger partial charge on any atom is -0.496 e. The number of nitrogens with one attached hydrogen (secondary N) is 2. The average molecular weight is 386 g/mol. The van der Waals surface area contributed by atoms with Crippen LogP contribution < -0.4 is 15.4 Å². The van der Waals surface area contributed by atoms with Crippen LogP contribution in [0.25, 0.3) is 0 Å². The zero-order valence-electron chi connectivity index (χ0n) is 13.4. The van der Waals surface area contributed by atoms with E-state index in [0.29, 0.717) is 12.6 Å². The van der Waals surface area contributed by atoms with Crippen LogP contribution in [-0.2, 0) is 6.54 Å². The normalized spacial score (nSPS) is 21.7. The van der Waals surface area contributed by atoms with Gasteiger partial charge in [0.1, 0.15) is 5.75 Å². The largest absolute Gasteiger partial charge is 0.496 e. The zero-order valence-corrected chi connectivity index (χ0v) is 15.8. The second-order valence-electron chi connectivity index (χ2n) is 5.39. The molecule has 0 aromatic heterocycles. The van der Waals surface area contributed by atoms with Crippen molar-refractivity contribution < 1.29 is 4.74 Å².